The van der Waals surface area contributed by atoms with Gasteiger partial charge in [-0.25, -0.2) is 0 Å². The van der Waals surface area contributed by atoms with Gasteiger partial charge in [0.05, 0.1) is 4.88 Å². The molecule has 1 heterocycles. The van der Waals surface area contributed by atoms with Crippen molar-refractivity contribution in [3.05, 3.63) is 46.3 Å². The van der Waals surface area contributed by atoms with Crippen molar-refractivity contribution in [2.45, 2.75) is 19.8 Å². The summed E-state index contributed by atoms with van der Waals surface area (Å²) in [6, 6.07) is 10.5. The number of hydrogen-bond acceptors (Lipinski definition) is 3. The van der Waals surface area contributed by atoms with Crippen LogP contribution in [0.3, 0.4) is 0 Å². The molecule has 1 aromatic heterocycles. The summed E-state index contributed by atoms with van der Waals surface area (Å²) in [4.78, 5) is 14.3. The number of nitrogens with one attached hydrogen (secondary N) is 1. The third kappa shape index (κ3) is 2.87. The van der Waals surface area contributed by atoms with Crippen molar-refractivity contribution < 1.29 is 4.79 Å². The quantitative estimate of drug-likeness (QED) is 0.912. The Hall–Kier alpha value is -1.65. The first-order valence-corrected chi connectivity index (χ1v) is 8.20. The Kier molecular flexibility index (Phi) is 4.08. The maximum Gasteiger partial charge on any atom is 0.261 e. The van der Waals surface area contributed by atoms with E-state index >= 15 is 0 Å². The summed E-state index contributed by atoms with van der Waals surface area (Å²) in [6.07, 6.45) is 2.08. The number of rotatable bonds is 4. The van der Waals surface area contributed by atoms with Crippen molar-refractivity contribution in [2.24, 2.45) is 11.7 Å². The van der Waals surface area contributed by atoms with Gasteiger partial charge in [0.25, 0.3) is 5.91 Å². The van der Waals surface area contributed by atoms with Gasteiger partial charge in [-0.15, -0.1) is 11.3 Å². The van der Waals surface area contributed by atoms with Crippen LogP contribution in [0, 0.1) is 5.92 Å². The lowest BCUT2D eigenvalue weighted by Crippen LogP contribution is -2.30. The summed E-state index contributed by atoms with van der Waals surface area (Å²) in [6.45, 7) is 3.26. The topological polar surface area (TPSA) is 55.1 Å². The van der Waals surface area contributed by atoms with Crippen molar-refractivity contribution in [1.29, 1.82) is 0 Å². The Morgan fingerprint density at radius 3 is 2.90 bits per heavy atom. The summed E-state index contributed by atoms with van der Waals surface area (Å²) in [7, 11) is 0. The van der Waals surface area contributed by atoms with E-state index in [4.69, 9.17) is 5.73 Å². The van der Waals surface area contributed by atoms with E-state index in [1.54, 1.807) is 11.3 Å². The molecule has 1 aliphatic rings. The van der Waals surface area contributed by atoms with E-state index in [0.29, 0.717) is 19.0 Å². The third-order valence-corrected chi connectivity index (χ3v) is 5.18. The van der Waals surface area contributed by atoms with Gasteiger partial charge in [0.15, 0.2) is 0 Å². The van der Waals surface area contributed by atoms with Crippen LogP contribution in [-0.4, -0.2) is 19.0 Å². The highest BCUT2D eigenvalue weighted by atomic mass is 32.1. The summed E-state index contributed by atoms with van der Waals surface area (Å²) in [5, 5.41) is 2.97. The maximum atomic E-state index is 12.3. The SMILES string of the molecule is CC(CN)CNC(=O)c1cc2c(s1)-c1ccccc1CC2. The second kappa shape index (κ2) is 6.00. The fourth-order valence-electron chi connectivity index (χ4n) is 2.62. The maximum absolute atomic E-state index is 12.3. The summed E-state index contributed by atoms with van der Waals surface area (Å²) in [5.74, 6) is 0.330. The molecule has 1 amide bonds. The van der Waals surface area contributed by atoms with Gasteiger partial charge in [0.1, 0.15) is 0 Å². The van der Waals surface area contributed by atoms with Crippen LogP contribution in [0.1, 0.15) is 27.7 Å². The van der Waals surface area contributed by atoms with E-state index < -0.39 is 0 Å². The minimum absolute atomic E-state index is 0.0205. The van der Waals surface area contributed by atoms with E-state index in [2.05, 4.69) is 35.6 Å². The minimum atomic E-state index is 0.0205. The van der Waals surface area contributed by atoms with E-state index in [-0.39, 0.29) is 5.91 Å². The number of benzene rings is 1. The number of aryl methyl sites for hydroxylation is 2. The van der Waals surface area contributed by atoms with Crippen LogP contribution >= 0.6 is 11.3 Å². The Bertz CT molecular complexity index is 663. The van der Waals surface area contributed by atoms with Crippen molar-refractivity contribution in [3.63, 3.8) is 0 Å². The molecular weight excluding hydrogens is 280 g/mol. The summed E-state index contributed by atoms with van der Waals surface area (Å²) >= 11 is 1.60. The molecule has 3 N–H and O–H groups in total. The first-order chi connectivity index (χ1) is 10.2. The lowest BCUT2D eigenvalue weighted by molar-refractivity contribution is 0.0952. The Balaban J connectivity index is 1.82. The average molecular weight is 300 g/mol. The average Bonchev–Trinajstić information content (AvgIpc) is 2.96. The number of carbonyl (C=O) groups is 1. The van der Waals surface area contributed by atoms with Gasteiger partial charge >= 0.3 is 0 Å². The monoisotopic (exact) mass is 300 g/mol. The Morgan fingerprint density at radius 1 is 1.33 bits per heavy atom. The third-order valence-electron chi connectivity index (χ3n) is 3.97. The highest BCUT2D eigenvalue weighted by Crippen LogP contribution is 2.39. The lowest BCUT2D eigenvalue weighted by Gasteiger charge is -2.15. The molecule has 0 saturated carbocycles. The van der Waals surface area contributed by atoms with E-state index in [1.807, 2.05) is 6.92 Å². The second-order valence-electron chi connectivity index (χ2n) is 5.67. The van der Waals surface area contributed by atoms with Gasteiger partial charge in [-0.1, -0.05) is 31.2 Å². The van der Waals surface area contributed by atoms with Crippen LogP contribution in [0.5, 0.6) is 0 Å². The van der Waals surface area contributed by atoms with E-state index in [0.717, 1.165) is 17.7 Å². The summed E-state index contributed by atoms with van der Waals surface area (Å²) < 4.78 is 0. The van der Waals surface area contributed by atoms with E-state index in [1.165, 1.54) is 21.6 Å². The zero-order valence-electron chi connectivity index (χ0n) is 12.2. The molecule has 1 aromatic carbocycles. The van der Waals surface area contributed by atoms with Crippen LogP contribution in [0.2, 0.25) is 0 Å². The summed E-state index contributed by atoms with van der Waals surface area (Å²) in [5.41, 5.74) is 9.56. The molecule has 3 rings (SSSR count). The van der Waals surface area contributed by atoms with Gasteiger partial charge < -0.3 is 11.1 Å². The van der Waals surface area contributed by atoms with Crippen LogP contribution in [0.15, 0.2) is 30.3 Å². The fourth-order valence-corrected chi connectivity index (χ4v) is 3.81. The number of hydrogen-bond donors (Lipinski definition) is 2. The van der Waals surface area contributed by atoms with Gasteiger partial charge in [-0.05, 0) is 48.1 Å². The number of fused-ring (bicyclic) bond motifs is 3. The van der Waals surface area contributed by atoms with Crippen molar-refractivity contribution >= 4 is 17.2 Å². The predicted molar refractivity (Wildman–Crippen MR) is 87.7 cm³/mol. The van der Waals surface area contributed by atoms with Crippen LogP contribution in [-0.2, 0) is 12.8 Å². The molecule has 1 aliphatic carbocycles. The van der Waals surface area contributed by atoms with Crippen molar-refractivity contribution in [2.75, 3.05) is 13.1 Å². The molecule has 110 valence electrons. The molecule has 0 saturated heterocycles. The van der Waals surface area contributed by atoms with Gasteiger partial charge in [0.2, 0.25) is 0 Å². The molecule has 0 spiro atoms. The van der Waals surface area contributed by atoms with Gasteiger partial charge in [-0.3, -0.25) is 4.79 Å². The molecule has 4 heteroatoms. The second-order valence-corrected chi connectivity index (χ2v) is 6.73. The molecule has 1 unspecified atom stereocenters. The Morgan fingerprint density at radius 2 is 2.10 bits per heavy atom. The molecule has 1 atom stereocenters. The molecule has 0 fully saturated rings. The smallest absolute Gasteiger partial charge is 0.261 e. The molecule has 0 radical (unpaired) electrons. The van der Waals surface area contributed by atoms with Crippen LogP contribution < -0.4 is 11.1 Å². The molecule has 0 aliphatic heterocycles. The first-order valence-electron chi connectivity index (χ1n) is 7.38. The van der Waals surface area contributed by atoms with Crippen molar-refractivity contribution in [3.8, 4) is 10.4 Å². The zero-order chi connectivity index (χ0) is 14.8. The minimum Gasteiger partial charge on any atom is -0.351 e. The van der Waals surface area contributed by atoms with Crippen LogP contribution in [0.4, 0.5) is 0 Å². The number of amides is 1. The highest BCUT2D eigenvalue weighted by Gasteiger charge is 2.21. The van der Waals surface area contributed by atoms with Crippen molar-refractivity contribution in [1.82, 2.24) is 5.32 Å². The number of nitrogens with two attached hydrogens (primary N) is 1. The predicted octanol–water partition coefficient (Wildman–Crippen LogP) is 2.84. The van der Waals surface area contributed by atoms with E-state index in [9.17, 15) is 4.79 Å². The fraction of sp³-hybridized carbons (Fsp3) is 0.353. The molecule has 3 nitrogen and oxygen atoms in total. The van der Waals surface area contributed by atoms with Gasteiger partial charge in [0, 0.05) is 11.4 Å². The first kappa shape index (κ1) is 14.3. The molecule has 2 aromatic rings. The Labute approximate surface area is 129 Å². The molecular formula is C17H20N2OS. The standard InChI is InChI=1S/C17H20N2OS/c1-11(9-18)10-19-17(20)15-8-13-7-6-12-4-2-3-5-14(12)16(13)21-15/h2-5,8,11H,6-7,9-10,18H2,1H3,(H,19,20). The van der Waals surface area contributed by atoms with Crippen LogP contribution in [0.25, 0.3) is 10.4 Å². The number of thiophene rings is 1. The zero-order valence-corrected chi connectivity index (χ0v) is 13.0. The lowest BCUT2D eigenvalue weighted by atomic mass is 9.91. The number of carbonyl (C=O) groups excluding carboxylic acids is 1. The van der Waals surface area contributed by atoms with Gasteiger partial charge in [-0.2, -0.15) is 0 Å². The molecule has 21 heavy (non-hydrogen) atoms. The molecule has 0 bridgehead atoms. The highest BCUT2D eigenvalue weighted by molar-refractivity contribution is 7.17. The largest absolute Gasteiger partial charge is 0.351 e. The normalized spacial score (nSPS) is 14.2.